The Bertz CT molecular complexity index is 406. The van der Waals surface area contributed by atoms with Gasteiger partial charge in [-0.3, -0.25) is 4.21 Å². The van der Waals surface area contributed by atoms with E-state index in [0.29, 0.717) is 0 Å². The molecule has 0 radical (unpaired) electrons. The van der Waals surface area contributed by atoms with Crippen LogP contribution in [0, 0.1) is 6.92 Å². The van der Waals surface area contributed by atoms with Gasteiger partial charge in [-0.25, -0.2) is 0 Å². The summed E-state index contributed by atoms with van der Waals surface area (Å²) < 4.78 is 12.2. The Morgan fingerprint density at radius 3 is 2.65 bits per heavy atom. The van der Waals surface area contributed by atoms with Gasteiger partial charge in [0, 0.05) is 28.3 Å². The summed E-state index contributed by atoms with van der Waals surface area (Å²) in [6, 6.07) is 8.77. The van der Waals surface area contributed by atoms with Gasteiger partial charge in [0.05, 0.1) is 0 Å². The number of benzene rings is 1. The van der Waals surface area contributed by atoms with Gasteiger partial charge >= 0.3 is 0 Å². The Balaban J connectivity index is 2.62. The predicted octanol–water partition coefficient (Wildman–Crippen LogP) is 3.97. The van der Waals surface area contributed by atoms with E-state index in [1.807, 2.05) is 0 Å². The molecule has 0 aliphatic heterocycles. The summed E-state index contributed by atoms with van der Waals surface area (Å²) in [4.78, 5) is 0. The zero-order chi connectivity index (χ0) is 14.8. The van der Waals surface area contributed by atoms with E-state index in [4.69, 9.17) is 0 Å². The number of hydrogen-bond acceptors (Lipinski definition) is 2. The Kier molecular flexibility index (Phi) is 8.79. The Labute approximate surface area is 126 Å². The van der Waals surface area contributed by atoms with Crippen molar-refractivity contribution in [3.8, 4) is 0 Å². The molecule has 2 atom stereocenters. The molecule has 3 heteroatoms. The lowest BCUT2D eigenvalue weighted by Crippen LogP contribution is -2.27. The van der Waals surface area contributed by atoms with Crippen molar-refractivity contribution < 1.29 is 4.21 Å². The fourth-order valence-electron chi connectivity index (χ4n) is 2.26. The molecule has 1 N–H and O–H groups in total. The van der Waals surface area contributed by atoms with Crippen LogP contribution in [0.25, 0.3) is 0 Å². The van der Waals surface area contributed by atoms with Gasteiger partial charge in [0.15, 0.2) is 0 Å². The minimum Gasteiger partial charge on any atom is -0.309 e. The highest BCUT2D eigenvalue weighted by Gasteiger charge is 2.14. The van der Waals surface area contributed by atoms with Crippen molar-refractivity contribution in [2.24, 2.45) is 0 Å². The van der Waals surface area contributed by atoms with Gasteiger partial charge in [0.1, 0.15) is 0 Å². The molecule has 114 valence electrons. The van der Waals surface area contributed by atoms with Crippen LogP contribution in [0.5, 0.6) is 0 Å². The predicted molar refractivity (Wildman–Crippen MR) is 89.6 cm³/mol. The first-order chi connectivity index (χ1) is 9.67. The largest absolute Gasteiger partial charge is 0.309 e. The lowest BCUT2D eigenvalue weighted by molar-refractivity contribution is 0.568. The maximum absolute atomic E-state index is 12.2. The highest BCUT2D eigenvalue weighted by Crippen LogP contribution is 2.16. The third kappa shape index (κ3) is 6.67. The highest BCUT2D eigenvalue weighted by atomic mass is 32.2. The molecule has 1 rings (SSSR count). The van der Waals surface area contributed by atoms with Crippen LogP contribution in [0.1, 0.15) is 56.7 Å². The van der Waals surface area contributed by atoms with Crippen molar-refractivity contribution in [1.82, 2.24) is 5.32 Å². The van der Waals surface area contributed by atoms with Gasteiger partial charge < -0.3 is 5.32 Å². The van der Waals surface area contributed by atoms with Crippen molar-refractivity contribution in [2.75, 3.05) is 18.1 Å². The van der Waals surface area contributed by atoms with Crippen LogP contribution in [0.3, 0.4) is 0 Å². The van der Waals surface area contributed by atoms with Gasteiger partial charge in [-0.2, -0.15) is 0 Å². The summed E-state index contributed by atoms with van der Waals surface area (Å²) in [5.41, 5.74) is 2.53. The molecule has 1 aromatic carbocycles. The second-order valence-corrected chi connectivity index (χ2v) is 7.06. The third-order valence-electron chi connectivity index (χ3n) is 3.41. The molecule has 0 fully saturated rings. The summed E-state index contributed by atoms with van der Waals surface area (Å²) in [7, 11) is -0.725. The van der Waals surface area contributed by atoms with Crippen LogP contribution in [-0.2, 0) is 10.8 Å². The molecule has 0 aliphatic rings. The molecule has 0 spiro atoms. The second kappa shape index (κ2) is 10.1. The SMILES string of the molecule is CCCCCS(=O)CC(NCCC)c1cccc(C)c1. The summed E-state index contributed by atoms with van der Waals surface area (Å²) >= 11 is 0. The average Bonchev–Trinajstić information content (AvgIpc) is 2.43. The fourth-order valence-corrected chi connectivity index (χ4v) is 3.64. The first kappa shape index (κ1) is 17.4. The molecule has 0 bridgehead atoms. The van der Waals surface area contributed by atoms with Gasteiger partial charge in [-0.05, 0) is 31.9 Å². The lowest BCUT2D eigenvalue weighted by atomic mass is 10.1. The number of unbranched alkanes of at least 4 members (excludes halogenated alkanes) is 2. The maximum Gasteiger partial charge on any atom is 0.0436 e. The molecule has 0 heterocycles. The Morgan fingerprint density at radius 2 is 2.00 bits per heavy atom. The second-order valence-electron chi connectivity index (χ2n) is 5.44. The summed E-state index contributed by atoms with van der Waals surface area (Å²) in [5.74, 6) is 1.57. The van der Waals surface area contributed by atoms with Crippen molar-refractivity contribution in [3.63, 3.8) is 0 Å². The summed E-state index contributed by atoms with van der Waals surface area (Å²) in [6.07, 6.45) is 4.55. The van der Waals surface area contributed by atoms with E-state index >= 15 is 0 Å². The van der Waals surface area contributed by atoms with E-state index in [0.717, 1.165) is 30.9 Å². The molecule has 0 aromatic heterocycles. The van der Waals surface area contributed by atoms with Crippen LogP contribution >= 0.6 is 0 Å². The molecule has 2 nitrogen and oxygen atoms in total. The van der Waals surface area contributed by atoms with Crippen LogP contribution in [0.15, 0.2) is 24.3 Å². The third-order valence-corrected chi connectivity index (χ3v) is 4.86. The smallest absolute Gasteiger partial charge is 0.0436 e. The van der Waals surface area contributed by atoms with Crippen molar-refractivity contribution in [3.05, 3.63) is 35.4 Å². The Morgan fingerprint density at radius 1 is 1.20 bits per heavy atom. The fraction of sp³-hybridized carbons (Fsp3) is 0.647. The molecule has 0 saturated carbocycles. The normalized spacial score (nSPS) is 14.2. The van der Waals surface area contributed by atoms with Gasteiger partial charge in [-0.15, -0.1) is 0 Å². The molecule has 0 saturated heterocycles. The van der Waals surface area contributed by atoms with E-state index in [1.165, 1.54) is 24.0 Å². The summed E-state index contributed by atoms with van der Waals surface area (Å²) in [6.45, 7) is 7.43. The van der Waals surface area contributed by atoms with E-state index in [2.05, 4.69) is 50.4 Å². The molecule has 2 unspecified atom stereocenters. The van der Waals surface area contributed by atoms with E-state index in [9.17, 15) is 4.21 Å². The van der Waals surface area contributed by atoms with Gasteiger partial charge in [0.25, 0.3) is 0 Å². The lowest BCUT2D eigenvalue weighted by Gasteiger charge is -2.19. The molecule has 20 heavy (non-hydrogen) atoms. The average molecular weight is 295 g/mol. The first-order valence-electron chi connectivity index (χ1n) is 7.82. The van der Waals surface area contributed by atoms with Gasteiger partial charge in [-0.1, -0.05) is 56.5 Å². The zero-order valence-corrected chi connectivity index (χ0v) is 14.0. The maximum atomic E-state index is 12.2. The quantitative estimate of drug-likeness (QED) is 0.662. The number of aryl methyl sites for hydroxylation is 1. The van der Waals surface area contributed by atoms with Crippen molar-refractivity contribution in [2.45, 2.75) is 52.5 Å². The van der Waals surface area contributed by atoms with Crippen LogP contribution in [0.4, 0.5) is 0 Å². The molecular formula is C17H29NOS. The van der Waals surface area contributed by atoms with E-state index in [1.54, 1.807) is 0 Å². The minimum absolute atomic E-state index is 0.220. The Hall–Kier alpha value is -0.670. The molecule has 0 amide bonds. The van der Waals surface area contributed by atoms with Crippen LogP contribution < -0.4 is 5.32 Å². The highest BCUT2D eigenvalue weighted by molar-refractivity contribution is 7.85. The van der Waals surface area contributed by atoms with E-state index in [-0.39, 0.29) is 6.04 Å². The molecule has 1 aromatic rings. The van der Waals surface area contributed by atoms with Crippen LogP contribution in [0.2, 0.25) is 0 Å². The van der Waals surface area contributed by atoms with Crippen LogP contribution in [-0.4, -0.2) is 22.3 Å². The van der Waals surface area contributed by atoms with Crippen molar-refractivity contribution in [1.29, 1.82) is 0 Å². The van der Waals surface area contributed by atoms with Crippen molar-refractivity contribution >= 4 is 10.8 Å². The number of nitrogens with one attached hydrogen (secondary N) is 1. The monoisotopic (exact) mass is 295 g/mol. The molecule has 0 aliphatic carbocycles. The topological polar surface area (TPSA) is 29.1 Å². The minimum atomic E-state index is -0.725. The molecular weight excluding hydrogens is 266 g/mol. The standard InChI is InChI=1S/C17H29NOS/c1-4-6-7-12-20(19)14-17(18-11-5-2)16-10-8-9-15(3)13-16/h8-10,13,17-18H,4-7,11-12,14H2,1-3H3. The first-order valence-corrected chi connectivity index (χ1v) is 9.31. The van der Waals surface area contributed by atoms with E-state index < -0.39 is 10.8 Å². The number of hydrogen-bond donors (Lipinski definition) is 1. The zero-order valence-electron chi connectivity index (χ0n) is 13.2. The summed E-state index contributed by atoms with van der Waals surface area (Å²) in [5, 5.41) is 3.54. The van der Waals surface area contributed by atoms with Gasteiger partial charge in [0.2, 0.25) is 0 Å². The number of rotatable bonds is 10.